The van der Waals surface area contributed by atoms with Crippen LogP contribution in [0.1, 0.15) is 115 Å². The van der Waals surface area contributed by atoms with Crippen molar-refractivity contribution in [2.24, 2.45) is 16.2 Å². The van der Waals surface area contributed by atoms with Crippen molar-refractivity contribution in [2.75, 3.05) is 13.1 Å². The number of hydrogen-bond acceptors (Lipinski definition) is 3. The summed E-state index contributed by atoms with van der Waals surface area (Å²) in [5.74, 6) is 0.0188. The first-order valence-electron chi connectivity index (χ1n) is 13.6. The van der Waals surface area contributed by atoms with Gasteiger partial charge in [-0.3, -0.25) is 9.69 Å². The highest BCUT2D eigenvalue weighted by Crippen LogP contribution is 2.34. The maximum atomic E-state index is 13.6. The van der Waals surface area contributed by atoms with Gasteiger partial charge in [0.2, 0.25) is 5.91 Å². The SMILES string of the molecule is CCCN(CCC)[C@@H]1CCCC[C@H]1NC(=S)N[C@H](C(=O)NC(C(C)(C)C)C(C)(C)C)C(C)(C)C. The van der Waals surface area contributed by atoms with E-state index >= 15 is 0 Å². The number of nitrogens with one attached hydrogen (secondary N) is 3. The van der Waals surface area contributed by atoms with Crippen molar-refractivity contribution in [3.8, 4) is 0 Å². The van der Waals surface area contributed by atoms with Crippen LogP contribution >= 0.6 is 12.2 Å². The number of thiocarbonyl (C=S) groups is 1. The standard InChI is InChI=1S/C28H56N4OS/c1-12-18-32(19-13-2)21-17-15-14-16-20(21)29-25(34)30-22(26(3,4)5)23(33)31-24(27(6,7)8)28(9,10)11/h20-22,24H,12-19H2,1-11H3,(H,31,33)(H2,29,30,34)/t20-,21-,22-/m1/s1. The van der Waals surface area contributed by atoms with Crippen molar-refractivity contribution in [3.05, 3.63) is 0 Å². The van der Waals surface area contributed by atoms with Gasteiger partial charge in [0.05, 0.1) is 0 Å². The van der Waals surface area contributed by atoms with E-state index in [1.165, 1.54) is 32.1 Å². The molecule has 1 saturated carbocycles. The maximum absolute atomic E-state index is 13.6. The zero-order valence-electron chi connectivity index (χ0n) is 24.2. The molecule has 0 aromatic rings. The summed E-state index contributed by atoms with van der Waals surface area (Å²) in [6.45, 7) is 26.2. The topological polar surface area (TPSA) is 56.4 Å². The quantitative estimate of drug-likeness (QED) is 0.348. The summed E-state index contributed by atoms with van der Waals surface area (Å²) >= 11 is 5.81. The minimum absolute atomic E-state index is 0.0188. The Morgan fingerprint density at radius 2 is 1.35 bits per heavy atom. The molecule has 0 spiro atoms. The fourth-order valence-corrected chi connectivity index (χ4v) is 5.98. The average molecular weight is 497 g/mol. The molecule has 6 heteroatoms. The molecule has 1 aliphatic carbocycles. The number of carbonyl (C=O) groups excluding carboxylic acids is 1. The van der Waals surface area contributed by atoms with Gasteiger partial charge in [0.25, 0.3) is 0 Å². The van der Waals surface area contributed by atoms with Gasteiger partial charge in [-0.25, -0.2) is 0 Å². The molecule has 0 aromatic heterocycles. The van der Waals surface area contributed by atoms with Crippen LogP contribution in [0, 0.1) is 16.2 Å². The van der Waals surface area contributed by atoms with Crippen molar-refractivity contribution >= 4 is 23.2 Å². The average Bonchev–Trinajstić information content (AvgIpc) is 2.68. The Balaban J connectivity index is 2.99. The second kappa shape index (κ2) is 12.9. The molecule has 0 radical (unpaired) electrons. The van der Waals surface area contributed by atoms with E-state index in [-0.39, 0.29) is 28.2 Å². The van der Waals surface area contributed by atoms with Gasteiger partial charge in [-0.2, -0.15) is 0 Å². The van der Waals surface area contributed by atoms with Crippen LogP contribution in [0.5, 0.6) is 0 Å². The smallest absolute Gasteiger partial charge is 0.243 e. The molecule has 0 unspecified atom stereocenters. The van der Waals surface area contributed by atoms with Gasteiger partial charge in [-0.05, 0) is 67.2 Å². The molecular weight excluding hydrogens is 440 g/mol. The van der Waals surface area contributed by atoms with Crippen LogP contribution in [0.3, 0.4) is 0 Å². The molecule has 34 heavy (non-hydrogen) atoms. The van der Waals surface area contributed by atoms with Crippen molar-refractivity contribution in [1.29, 1.82) is 0 Å². The summed E-state index contributed by atoms with van der Waals surface area (Å²) in [4.78, 5) is 16.2. The minimum Gasteiger partial charge on any atom is -0.358 e. The van der Waals surface area contributed by atoms with Gasteiger partial charge in [0.1, 0.15) is 6.04 Å². The van der Waals surface area contributed by atoms with Gasteiger partial charge in [0, 0.05) is 18.1 Å². The van der Waals surface area contributed by atoms with E-state index < -0.39 is 6.04 Å². The minimum atomic E-state index is -0.413. The van der Waals surface area contributed by atoms with Crippen molar-refractivity contribution in [2.45, 2.75) is 139 Å². The lowest BCUT2D eigenvalue weighted by Crippen LogP contribution is -2.62. The fourth-order valence-electron chi connectivity index (χ4n) is 5.71. The van der Waals surface area contributed by atoms with Crippen LogP contribution in [-0.4, -0.2) is 53.2 Å². The van der Waals surface area contributed by atoms with Crippen molar-refractivity contribution < 1.29 is 4.79 Å². The molecule has 3 atom stereocenters. The molecule has 0 aliphatic heterocycles. The molecule has 1 amide bonds. The van der Waals surface area contributed by atoms with Gasteiger partial charge < -0.3 is 16.0 Å². The summed E-state index contributed by atoms with van der Waals surface area (Å²) < 4.78 is 0. The molecule has 1 fully saturated rings. The van der Waals surface area contributed by atoms with Gasteiger partial charge in [-0.15, -0.1) is 0 Å². The van der Waals surface area contributed by atoms with Crippen LogP contribution in [0.25, 0.3) is 0 Å². The molecule has 1 aliphatic rings. The third-order valence-corrected chi connectivity index (χ3v) is 7.19. The number of hydrogen-bond donors (Lipinski definition) is 3. The van der Waals surface area contributed by atoms with E-state index in [0.717, 1.165) is 19.5 Å². The third kappa shape index (κ3) is 9.64. The summed E-state index contributed by atoms with van der Waals surface area (Å²) in [5.41, 5.74) is -0.378. The molecule has 5 nitrogen and oxygen atoms in total. The number of amides is 1. The Kier molecular flexibility index (Phi) is 11.8. The lowest BCUT2D eigenvalue weighted by molar-refractivity contribution is -0.127. The summed E-state index contributed by atoms with van der Waals surface area (Å²) in [6, 6.07) is 0.457. The van der Waals surface area contributed by atoms with Crippen LogP contribution in [0.4, 0.5) is 0 Å². The largest absolute Gasteiger partial charge is 0.358 e. The van der Waals surface area contributed by atoms with E-state index in [4.69, 9.17) is 12.2 Å². The zero-order chi connectivity index (χ0) is 26.3. The Labute approximate surface area is 217 Å². The van der Waals surface area contributed by atoms with E-state index in [2.05, 4.69) is 97.0 Å². The van der Waals surface area contributed by atoms with Crippen LogP contribution in [-0.2, 0) is 4.79 Å². The summed E-state index contributed by atoms with van der Waals surface area (Å²) in [5, 5.41) is 11.0. The highest BCUT2D eigenvalue weighted by Gasteiger charge is 2.40. The highest BCUT2D eigenvalue weighted by atomic mass is 32.1. The van der Waals surface area contributed by atoms with E-state index in [0.29, 0.717) is 17.2 Å². The van der Waals surface area contributed by atoms with Crippen LogP contribution in [0.2, 0.25) is 0 Å². The molecule has 0 heterocycles. The van der Waals surface area contributed by atoms with Crippen LogP contribution in [0.15, 0.2) is 0 Å². The Hall–Kier alpha value is -0.880. The highest BCUT2D eigenvalue weighted by molar-refractivity contribution is 7.80. The first-order valence-corrected chi connectivity index (χ1v) is 14.0. The molecule has 0 saturated heterocycles. The maximum Gasteiger partial charge on any atom is 0.243 e. The Morgan fingerprint density at radius 1 is 0.853 bits per heavy atom. The van der Waals surface area contributed by atoms with E-state index in [1.807, 2.05) is 0 Å². The molecule has 1 rings (SSSR count). The Morgan fingerprint density at radius 3 is 1.79 bits per heavy atom. The number of rotatable bonds is 9. The lowest BCUT2D eigenvalue weighted by Gasteiger charge is -2.43. The molecule has 3 N–H and O–H groups in total. The third-order valence-electron chi connectivity index (χ3n) is 6.96. The molecule has 0 aromatic carbocycles. The first kappa shape index (κ1) is 31.2. The summed E-state index contributed by atoms with van der Waals surface area (Å²) in [6.07, 6.45) is 7.18. The van der Waals surface area contributed by atoms with E-state index in [1.54, 1.807) is 0 Å². The first-order chi connectivity index (χ1) is 15.5. The Bertz CT molecular complexity index is 624. The van der Waals surface area contributed by atoms with Gasteiger partial charge in [0.15, 0.2) is 5.11 Å². The predicted octanol–water partition coefficient (Wildman–Crippen LogP) is 5.88. The van der Waals surface area contributed by atoms with Crippen molar-refractivity contribution in [1.82, 2.24) is 20.9 Å². The van der Waals surface area contributed by atoms with Gasteiger partial charge in [-0.1, -0.05) is 89.0 Å². The second-order valence-corrected chi connectivity index (χ2v) is 14.0. The molecule has 200 valence electrons. The summed E-state index contributed by atoms with van der Waals surface area (Å²) in [7, 11) is 0. The van der Waals surface area contributed by atoms with Gasteiger partial charge >= 0.3 is 0 Å². The van der Waals surface area contributed by atoms with E-state index in [9.17, 15) is 4.79 Å². The lowest BCUT2D eigenvalue weighted by atomic mass is 9.71. The van der Waals surface area contributed by atoms with Crippen molar-refractivity contribution in [3.63, 3.8) is 0 Å². The number of nitrogens with zero attached hydrogens (tertiary/aromatic N) is 1. The fraction of sp³-hybridized carbons (Fsp3) is 0.929. The monoisotopic (exact) mass is 496 g/mol. The molecule has 0 bridgehead atoms. The normalized spacial score (nSPS) is 20.9. The molecular formula is C28H56N4OS. The zero-order valence-corrected chi connectivity index (χ0v) is 25.0. The number of carbonyl (C=O) groups is 1. The van der Waals surface area contributed by atoms with Crippen LogP contribution < -0.4 is 16.0 Å². The second-order valence-electron chi connectivity index (χ2n) is 13.6. The predicted molar refractivity (Wildman–Crippen MR) is 151 cm³/mol.